The van der Waals surface area contributed by atoms with Gasteiger partial charge in [-0.15, -0.1) is 10.2 Å². The average molecular weight is 350 g/mol. The molecule has 0 saturated heterocycles. The summed E-state index contributed by atoms with van der Waals surface area (Å²) in [5.74, 6) is -1.15. The van der Waals surface area contributed by atoms with Gasteiger partial charge in [0.25, 0.3) is 11.8 Å². The van der Waals surface area contributed by atoms with Gasteiger partial charge < -0.3 is 10.6 Å². The number of amides is 2. The number of carbonyl (C=O) groups is 2. The second-order valence-corrected chi connectivity index (χ2v) is 5.71. The highest BCUT2D eigenvalue weighted by atomic mass is 16.2. The third kappa shape index (κ3) is 3.25. The third-order valence-corrected chi connectivity index (χ3v) is 3.61. The lowest BCUT2D eigenvalue weighted by Crippen LogP contribution is -2.50. The van der Waals surface area contributed by atoms with Gasteiger partial charge in [0, 0.05) is 14.1 Å². The SMILES string of the molecule is CN(C)C(=O)C1=NN(c2ccccc2)C(C(N)=O)=NN1c1ccccc1. The topological polar surface area (TPSA) is 94.6 Å². The second kappa shape index (κ2) is 7.06. The van der Waals surface area contributed by atoms with Gasteiger partial charge in [-0.1, -0.05) is 36.4 Å². The lowest BCUT2D eigenvalue weighted by atomic mass is 10.3. The fourth-order valence-corrected chi connectivity index (χ4v) is 2.35. The van der Waals surface area contributed by atoms with E-state index in [4.69, 9.17) is 5.73 Å². The number of likely N-dealkylation sites (N-methyl/N-ethyl adjacent to an activating group) is 1. The number of anilines is 2. The highest BCUT2D eigenvalue weighted by molar-refractivity contribution is 6.48. The van der Waals surface area contributed by atoms with Gasteiger partial charge in [0.15, 0.2) is 0 Å². The van der Waals surface area contributed by atoms with Crippen molar-refractivity contribution in [2.24, 2.45) is 15.9 Å². The Morgan fingerprint density at radius 2 is 1.23 bits per heavy atom. The molecule has 26 heavy (non-hydrogen) atoms. The fourth-order valence-electron chi connectivity index (χ4n) is 2.35. The number of para-hydroxylation sites is 2. The van der Waals surface area contributed by atoms with E-state index in [-0.39, 0.29) is 17.6 Å². The van der Waals surface area contributed by atoms with Crippen molar-refractivity contribution in [1.82, 2.24) is 4.90 Å². The number of carbonyl (C=O) groups excluding carboxylic acids is 2. The van der Waals surface area contributed by atoms with Crippen LogP contribution < -0.4 is 15.8 Å². The quantitative estimate of drug-likeness (QED) is 0.897. The molecule has 8 nitrogen and oxygen atoms in total. The van der Waals surface area contributed by atoms with Crippen molar-refractivity contribution in [2.45, 2.75) is 0 Å². The van der Waals surface area contributed by atoms with E-state index in [1.165, 1.54) is 14.9 Å². The van der Waals surface area contributed by atoms with Crippen molar-refractivity contribution < 1.29 is 9.59 Å². The lowest BCUT2D eigenvalue weighted by Gasteiger charge is -2.31. The van der Waals surface area contributed by atoms with Crippen LogP contribution in [0.15, 0.2) is 70.9 Å². The number of benzene rings is 2. The van der Waals surface area contributed by atoms with Crippen LogP contribution in [0.5, 0.6) is 0 Å². The monoisotopic (exact) mass is 350 g/mol. The standard InChI is InChI=1S/C18H18N6O2/c1-22(2)18(26)17-21-23(13-9-5-3-6-10-13)16(15(19)25)20-24(17)14-11-7-4-8-12-14/h3-12H,1-2H3,(H2,19,25). The Balaban J connectivity index is 2.16. The summed E-state index contributed by atoms with van der Waals surface area (Å²) in [4.78, 5) is 26.1. The minimum absolute atomic E-state index is 0.0510. The summed E-state index contributed by atoms with van der Waals surface area (Å²) in [7, 11) is 3.24. The Morgan fingerprint density at radius 1 is 0.808 bits per heavy atom. The van der Waals surface area contributed by atoms with Crippen molar-refractivity contribution in [2.75, 3.05) is 24.1 Å². The molecule has 0 saturated carbocycles. The highest BCUT2D eigenvalue weighted by Crippen LogP contribution is 2.23. The van der Waals surface area contributed by atoms with E-state index in [2.05, 4.69) is 10.2 Å². The molecular weight excluding hydrogens is 332 g/mol. The van der Waals surface area contributed by atoms with Gasteiger partial charge in [0.2, 0.25) is 11.7 Å². The molecule has 1 heterocycles. The van der Waals surface area contributed by atoms with Crippen LogP contribution in [0.4, 0.5) is 11.4 Å². The number of hydrogen-bond donors (Lipinski definition) is 1. The zero-order valence-electron chi connectivity index (χ0n) is 14.4. The molecule has 1 aliphatic rings. The molecule has 0 bridgehead atoms. The minimum atomic E-state index is -0.755. The van der Waals surface area contributed by atoms with Gasteiger partial charge in [0.05, 0.1) is 11.4 Å². The van der Waals surface area contributed by atoms with Crippen LogP contribution in [0, 0.1) is 0 Å². The maximum absolute atomic E-state index is 12.7. The molecule has 0 unspecified atom stereocenters. The molecule has 2 N–H and O–H groups in total. The Labute approximate surface area is 150 Å². The van der Waals surface area contributed by atoms with Gasteiger partial charge in [-0.2, -0.15) is 0 Å². The van der Waals surface area contributed by atoms with Crippen molar-refractivity contribution in [3.05, 3.63) is 60.7 Å². The Bertz CT molecular complexity index is 877. The lowest BCUT2D eigenvalue weighted by molar-refractivity contribution is -0.122. The first-order valence-electron chi connectivity index (χ1n) is 7.88. The zero-order valence-corrected chi connectivity index (χ0v) is 14.4. The minimum Gasteiger partial charge on any atom is -0.363 e. The van der Waals surface area contributed by atoms with Crippen LogP contribution in [0.1, 0.15) is 0 Å². The summed E-state index contributed by atoms with van der Waals surface area (Å²) in [6.07, 6.45) is 0. The Morgan fingerprint density at radius 3 is 1.65 bits per heavy atom. The van der Waals surface area contributed by atoms with Crippen LogP contribution in [-0.4, -0.2) is 42.5 Å². The predicted octanol–water partition coefficient (Wildman–Crippen LogP) is 1.21. The average Bonchev–Trinajstić information content (AvgIpc) is 2.67. The summed E-state index contributed by atoms with van der Waals surface area (Å²) < 4.78 is 0. The van der Waals surface area contributed by atoms with Crippen LogP contribution >= 0.6 is 0 Å². The van der Waals surface area contributed by atoms with Gasteiger partial charge in [-0.3, -0.25) is 9.59 Å². The number of nitrogens with zero attached hydrogens (tertiary/aromatic N) is 5. The van der Waals surface area contributed by atoms with E-state index in [0.29, 0.717) is 11.4 Å². The molecule has 3 rings (SSSR count). The molecular formula is C18H18N6O2. The number of primary amides is 1. The molecule has 2 aromatic carbocycles. The molecule has 0 radical (unpaired) electrons. The smallest absolute Gasteiger partial charge is 0.293 e. The summed E-state index contributed by atoms with van der Waals surface area (Å²) >= 11 is 0. The maximum atomic E-state index is 12.7. The van der Waals surface area contributed by atoms with E-state index in [0.717, 1.165) is 0 Å². The molecule has 2 aromatic rings. The first-order chi connectivity index (χ1) is 12.5. The summed E-state index contributed by atoms with van der Waals surface area (Å²) in [6.45, 7) is 0. The van der Waals surface area contributed by atoms with E-state index < -0.39 is 5.91 Å². The van der Waals surface area contributed by atoms with Gasteiger partial charge in [0.1, 0.15) is 0 Å². The number of amidine groups is 2. The second-order valence-electron chi connectivity index (χ2n) is 5.71. The normalized spacial score (nSPS) is 13.8. The molecule has 0 atom stereocenters. The van der Waals surface area contributed by atoms with Crippen LogP contribution in [0.2, 0.25) is 0 Å². The number of rotatable bonds is 4. The van der Waals surface area contributed by atoms with Gasteiger partial charge in [-0.25, -0.2) is 10.0 Å². The van der Waals surface area contributed by atoms with Crippen LogP contribution in [0.3, 0.4) is 0 Å². The van der Waals surface area contributed by atoms with Crippen LogP contribution in [-0.2, 0) is 9.59 Å². The molecule has 0 aromatic heterocycles. The molecule has 0 aliphatic carbocycles. The van der Waals surface area contributed by atoms with Crippen molar-refractivity contribution in [3.63, 3.8) is 0 Å². The molecule has 8 heteroatoms. The summed E-state index contributed by atoms with van der Waals surface area (Å²) in [5, 5.41) is 11.3. The number of nitrogens with two attached hydrogens (primary N) is 1. The maximum Gasteiger partial charge on any atom is 0.293 e. The zero-order chi connectivity index (χ0) is 18.7. The molecule has 132 valence electrons. The Hall–Kier alpha value is -3.68. The predicted molar refractivity (Wildman–Crippen MR) is 101 cm³/mol. The first-order valence-corrected chi connectivity index (χ1v) is 7.88. The highest BCUT2D eigenvalue weighted by Gasteiger charge is 2.33. The molecule has 1 aliphatic heterocycles. The number of hydrazone groups is 2. The number of hydrogen-bond acceptors (Lipinski definition) is 6. The van der Waals surface area contributed by atoms with Gasteiger partial charge in [-0.05, 0) is 24.3 Å². The molecule has 2 amide bonds. The van der Waals surface area contributed by atoms with Gasteiger partial charge >= 0.3 is 0 Å². The third-order valence-electron chi connectivity index (χ3n) is 3.61. The fraction of sp³-hybridized carbons (Fsp3) is 0.111. The van der Waals surface area contributed by atoms with E-state index in [1.54, 1.807) is 62.6 Å². The van der Waals surface area contributed by atoms with E-state index >= 15 is 0 Å². The summed E-state index contributed by atoms with van der Waals surface area (Å²) in [5.41, 5.74) is 6.68. The van der Waals surface area contributed by atoms with Crippen molar-refractivity contribution in [1.29, 1.82) is 0 Å². The first kappa shape index (κ1) is 17.2. The Kier molecular flexibility index (Phi) is 4.66. The largest absolute Gasteiger partial charge is 0.363 e. The molecule has 0 fully saturated rings. The molecule has 0 spiro atoms. The summed E-state index contributed by atoms with van der Waals surface area (Å²) in [6, 6.07) is 17.9. The van der Waals surface area contributed by atoms with Crippen molar-refractivity contribution in [3.8, 4) is 0 Å². The van der Waals surface area contributed by atoms with Crippen molar-refractivity contribution >= 4 is 34.9 Å². The van der Waals surface area contributed by atoms with E-state index in [9.17, 15) is 9.59 Å². The van der Waals surface area contributed by atoms with Crippen LogP contribution in [0.25, 0.3) is 0 Å². The van der Waals surface area contributed by atoms with E-state index in [1.807, 2.05) is 12.1 Å².